The second-order valence-corrected chi connectivity index (χ2v) is 5.98. The van der Waals surface area contributed by atoms with Crippen LogP contribution in [0.1, 0.15) is 22.5 Å². The van der Waals surface area contributed by atoms with Crippen molar-refractivity contribution in [2.75, 3.05) is 11.4 Å². The molecule has 26 heavy (non-hydrogen) atoms. The summed E-state index contributed by atoms with van der Waals surface area (Å²) < 4.78 is 13.3. The lowest BCUT2D eigenvalue weighted by molar-refractivity contribution is -0.117. The molecule has 0 unspecified atom stereocenters. The van der Waals surface area contributed by atoms with Crippen LogP contribution in [0.15, 0.2) is 54.6 Å². The Morgan fingerprint density at radius 1 is 1.12 bits per heavy atom. The van der Waals surface area contributed by atoms with Crippen molar-refractivity contribution in [3.05, 3.63) is 71.7 Å². The van der Waals surface area contributed by atoms with Crippen LogP contribution in [-0.2, 0) is 4.79 Å². The van der Waals surface area contributed by atoms with Crippen LogP contribution in [0.2, 0.25) is 0 Å². The molecule has 0 aliphatic rings. The topological polar surface area (TPSA) is 76.3 Å². The summed E-state index contributed by atoms with van der Waals surface area (Å²) in [6, 6.07) is 14.6. The van der Waals surface area contributed by atoms with Crippen molar-refractivity contribution >= 4 is 28.4 Å². The Hall–Kier alpha value is -3.28. The van der Waals surface area contributed by atoms with Gasteiger partial charge < -0.3 is 10.6 Å². The third-order valence-corrected chi connectivity index (χ3v) is 4.04. The number of pyridine rings is 1. The second-order valence-electron chi connectivity index (χ2n) is 5.98. The van der Waals surface area contributed by atoms with Crippen molar-refractivity contribution in [2.24, 2.45) is 5.73 Å². The fraction of sp³-hybridized carbons (Fsp3) is 0.150. The van der Waals surface area contributed by atoms with Crippen LogP contribution < -0.4 is 10.6 Å². The number of hydrogen-bond donors (Lipinski definition) is 1. The zero-order valence-electron chi connectivity index (χ0n) is 14.3. The normalized spacial score (nSPS) is 10.7. The molecular formula is C20H18FN3O2. The molecule has 0 saturated carbocycles. The predicted octanol–water partition coefficient (Wildman–Crippen LogP) is 3.20. The molecule has 5 nitrogen and oxygen atoms in total. The van der Waals surface area contributed by atoms with E-state index >= 15 is 0 Å². The number of nitrogens with zero attached hydrogens (tertiary/aromatic N) is 2. The van der Waals surface area contributed by atoms with Gasteiger partial charge in [0.2, 0.25) is 5.91 Å². The van der Waals surface area contributed by atoms with Gasteiger partial charge in [-0.05, 0) is 43.3 Å². The van der Waals surface area contributed by atoms with Gasteiger partial charge in [-0.2, -0.15) is 0 Å². The lowest BCUT2D eigenvalue weighted by atomic mass is 10.1. The number of halogens is 1. The number of nitrogens with two attached hydrogens (primary N) is 1. The smallest absolute Gasteiger partial charge is 0.259 e. The van der Waals surface area contributed by atoms with Crippen LogP contribution in [0.4, 0.5) is 10.1 Å². The third kappa shape index (κ3) is 3.69. The van der Waals surface area contributed by atoms with Gasteiger partial charge >= 0.3 is 0 Å². The number of rotatable bonds is 5. The van der Waals surface area contributed by atoms with E-state index in [0.717, 1.165) is 0 Å². The van der Waals surface area contributed by atoms with Crippen LogP contribution in [0.25, 0.3) is 10.9 Å². The fourth-order valence-corrected chi connectivity index (χ4v) is 2.82. The highest BCUT2D eigenvalue weighted by molar-refractivity contribution is 6.13. The Labute approximate surface area is 150 Å². The van der Waals surface area contributed by atoms with Crippen LogP contribution in [-0.4, -0.2) is 23.3 Å². The highest BCUT2D eigenvalue weighted by Gasteiger charge is 2.21. The molecule has 0 saturated heterocycles. The molecule has 3 rings (SSSR count). The van der Waals surface area contributed by atoms with E-state index in [1.165, 1.54) is 29.2 Å². The quantitative estimate of drug-likeness (QED) is 0.767. The number of para-hydroxylation sites is 1. The minimum absolute atomic E-state index is 0.00507. The Balaban J connectivity index is 2.07. The first-order valence-corrected chi connectivity index (χ1v) is 8.18. The predicted molar refractivity (Wildman–Crippen MR) is 98.4 cm³/mol. The summed E-state index contributed by atoms with van der Waals surface area (Å²) in [7, 11) is 0. The standard InChI is InChI=1S/C20H18FN3O2/c1-13-12-17(16-4-2-3-5-18(16)23-13)20(26)24(11-10-19(22)25)15-8-6-14(21)7-9-15/h2-9,12H,10-11H2,1H3,(H2,22,25). The number of fused-ring (bicyclic) bond motifs is 1. The number of benzene rings is 2. The average molecular weight is 351 g/mol. The number of amides is 2. The number of aromatic nitrogens is 1. The van der Waals surface area contributed by atoms with Gasteiger partial charge in [-0.25, -0.2) is 4.39 Å². The fourth-order valence-electron chi connectivity index (χ4n) is 2.82. The minimum atomic E-state index is -0.513. The largest absolute Gasteiger partial charge is 0.370 e. The molecule has 0 fully saturated rings. The molecule has 6 heteroatoms. The number of anilines is 1. The van der Waals surface area contributed by atoms with Crippen molar-refractivity contribution in [1.29, 1.82) is 0 Å². The highest BCUT2D eigenvalue weighted by atomic mass is 19.1. The van der Waals surface area contributed by atoms with Crippen molar-refractivity contribution in [3.63, 3.8) is 0 Å². The van der Waals surface area contributed by atoms with Gasteiger partial charge in [-0.15, -0.1) is 0 Å². The number of aryl methyl sites for hydroxylation is 1. The van der Waals surface area contributed by atoms with E-state index in [0.29, 0.717) is 27.8 Å². The van der Waals surface area contributed by atoms with Crippen molar-refractivity contribution in [3.8, 4) is 0 Å². The Morgan fingerprint density at radius 2 is 1.81 bits per heavy atom. The zero-order valence-corrected chi connectivity index (χ0v) is 14.3. The van der Waals surface area contributed by atoms with E-state index in [9.17, 15) is 14.0 Å². The molecule has 0 radical (unpaired) electrons. The first-order chi connectivity index (χ1) is 12.5. The van der Waals surface area contributed by atoms with Crippen LogP contribution >= 0.6 is 0 Å². The molecule has 0 bridgehead atoms. The summed E-state index contributed by atoms with van der Waals surface area (Å²) in [5.41, 5.74) is 7.64. The maximum absolute atomic E-state index is 13.3. The van der Waals surface area contributed by atoms with Gasteiger partial charge in [0.05, 0.1) is 11.1 Å². The third-order valence-electron chi connectivity index (χ3n) is 4.04. The Morgan fingerprint density at radius 3 is 2.50 bits per heavy atom. The molecule has 1 heterocycles. The molecule has 132 valence electrons. The lowest BCUT2D eigenvalue weighted by Crippen LogP contribution is -2.34. The van der Waals surface area contributed by atoms with Crippen molar-refractivity contribution in [1.82, 2.24) is 4.98 Å². The number of carbonyl (C=O) groups excluding carboxylic acids is 2. The molecule has 1 aromatic heterocycles. The number of primary amides is 1. The van der Waals surface area contributed by atoms with E-state index in [-0.39, 0.29) is 18.9 Å². The second kappa shape index (κ2) is 7.31. The molecule has 0 atom stereocenters. The van der Waals surface area contributed by atoms with E-state index in [2.05, 4.69) is 4.98 Å². The Bertz CT molecular complexity index is 970. The van der Waals surface area contributed by atoms with Gasteiger partial charge in [-0.3, -0.25) is 14.6 Å². The molecule has 0 aliphatic heterocycles. The molecule has 2 amide bonds. The summed E-state index contributed by atoms with van der Waals surface area (Å²) >= 11 is 0. The molecule has 2 N–H and O–H groups in total. The maximum atomic E-state index is 13.3. The summed E-state index contributed by atoms with van der Waals surface area (Å²) in [6.45, 7) is 1.92. The van der Waals surface area contributed by atoms with Gasteiger partial charge in [0.25, 0.3) is 5.91 Å². The summed E-state index contributed by atoms with van der Waals surface area (Å²) in [4.78, 5) is 30.4. The van der Waals surface area contributed by atoms with Gasteiger partial charge in [0.1, 0.15) is 5.82 Å². The number of carbonyl (C=O) groups is 2. The highest BCUT2D eigenvalue weighted by Crippen LogP contribution is 2.23. The first kappa shape index (κ1) is 17.5. The molecular weight excluding hydrogens is 333 g/mol. The first-order valence-electron chi connectivity index (χ1n) is 8.18. The van der Waals surface area contributed by atoms with Crippen LogP contribution in [0.3, 0.4) is 0 Å². The van der Waals surface area contributed by atoms with E-state index in [4.69, 9.17) is 5.73 Å². The molecule has 0 aliphatic carbocycles. The van der Waals surface area contributed by atoms with Gasteiger partial charge in [-0.1, -0.05) is 18.2 Å². The average Bonchev–Trinajstić information content (AvgIpc) is 2.62. The molecule has 3 aromatic rings. The summed E-state index contributed by atoms with van der Waals surface area (Å²) in [6.07, 6.45) is 0.00507. The van der Waals surface area contributed by atoms with Gasteiger partial charge in [0, 0.05) is 29.7 Å². The molecule has 2 aromatic carbocycles. The van der Waals surface area contributed by atoms with Gasteiger partial charge in [0.15, 0.2) is 0 Å². The van der Waals surface area contributed by atoms with Crippen LogP contribution in [0, 0.1) is 12.7 Å². The minimum Gasteiger partial charge on any atom is -0.370 e. The maximum Gasteiger partial charge on any atom is 0.259 e. The zero-order chi connectivity index (χ0) is 18.7. The van der Waals surface area contributed by atoms with E-state index in [1.54, 1.807) is 6.07 Å². The molecule has 0 spiro atoms. The monoisotopic (exact) mass is 351 g/mol. The SMILES string of the molecule is Cc1cc(C(=O)N(CCC(N)=O)c2ccc(F)cc2)c2ccccc2n1. The van der Waals surface area contributed by atoms with Crippen molar-refractivity contribution in [2.45, 2.75) is 13.3 Å². The van der Waals surface area contributed by atoms with Crippen molar-refractivity contribution < 1.29 is 14.0 Å². The Kier molecular flexibility index (Phi) is 4.93. The van der Waals surface area contributed by atoms with Crippen LogP contribution in [0.5, 0.6) is 0 Å². The van der Waals surface area contributed by atoms with E-state index in [1.807, 2.05) is 31.2 Å². The number of hydrogen-bond acceptors (Lipinski definition) is 3. The summed E-state index contributed by atoms with van der Waals surface area (Å²) in [5, 5.41) is 0.717. The lowest BCUT2D eigenvalue weighted by Gasteiger charge is -2.23. The van der Waals surface area contributed by atoms with E-state index < -0.39 is 11.7 Å². The summed E-state index contributed by atoms with van der Waals surface area (Å²) in [5.74, 6) is -1.21.